The van der Waals surface area contributed by atoms with Gasteiger partial charge in [-0.2, -0.15) is 0 Å². The summed E-state index contributed by atoms with van der Waals surface area (Å²) in [6.07, 6.45) is 1.03. The normalized spacial score (nSPS) is 14.7. The quantitative estimate of drug-likeness (QED) is 0.134. The molecule has 0 aromatic heterocycles. The lowest BCUT2D eigenvalue weighted by molar-refractivity contribution is -0.403. The molecule has 0 radical (unpaired) electrons. The number of rotatable bonds is 13. The van der Waals surface area contributed by atoms with E-state index in [9.17, 15) is 34.4 Å². The predicted molar refractivity (Wildman–Crippen MR) is 165 cm³/mol. The number of carbonyl (C=O) groups is 4. The van der Waals surface area contributed by atoms with Gasteiger partial charge in [-0.1, -0.05) is 41.9 Å². The van der Waals surface area contributed by atoms with Gasteiger partial charge in [0.25, 0.3) is 6.20 Å². The number of nitro groups is 1. The van der Waals surface area contributed by atoms with Crippen LogP contribution < -0.4 is 16.0 Å². The number of aryl methyl sites for hydroxylation is 1. The van der Waals surface area contributed by atoms with E-state index < -0.39 is 40.8 Å². The molecule has 2 amide bonds. The highest BCUT2D eigenvalue weighted by molar-refractivity contribution is 6.30. The summed E-state index contributed by atoms with van der Waals surface area (Å²) in [4.78, 5) is 60.9. The molecule has 0 fully saturated rings. The zero-order chi connectivity index (χ0) is 32.7. The van der Waals surface area contributed by atoms with Crippen molar-refractivity contribution in [2.45, 2.75) is 44.8 Å². The molecule has 1 aliphatic heterocycles. The largest absolute Gasteiger partial charge is 0.481 e. The molecule has 3 aromatic rings. The molecular weight excluding hydrogens is 606 g/mol. The molecule has 0 aliphatic carbocycles. The lowest BCUT2D eigenvalue weighted by atomic mass is 10.0. The molecule has 234 valence electrons. The standard InChI is InChI=1S/C31H30ClN5O8/c1-18(38)36-16-21-15-24(34-27(17-37(44)45)33-23-9-7-22(32)8-10-23)11-12-25(21)29(36)30(41)35-26(31(42)43)14-20-4-2-19(3-5-20)6-13-28(39)40/h2-5,7-12,15,17,26,29,33-34H,6,13-14,16H2,1H3,(H,35,41)(H,39,40)(H,42,43). The third kappa shape index (κ3) is 8.80. The van der Waals surface area contributed by atoms with Gasteiger partial charge >= 0.3 is 11.9 Å². The van der Waals surface area contributed by atoms with Crippen LogP contribution in [0.3, 0.4) is 0 Å². The molecule has 2 unspecified atom stereocenters. The second kappa shape index (κ2) is 14.4. The predicted octanol–water partition coefficient (Wildman–Crippen LogP) is 4.17. The van der Waals surface area contributed by atoms with Gasteiger partial charge in [-0.25, -0.2) is 4.79 Å². The second-order valence-corrected chi connectivity index (χ2v) is 10.8. The molecule has 0 saturated heterocycles. The maximum atomic E-state index is 13.5. The molecule has 3 aromatic carbocycles. The smallest absolute Gasteiger partial charge is 0.326 e. The number of carbonyl (C=O) groups excluding carboxylic acids is 2. The fourth-order valence-electron chi connectivity index (χ4n) is 4.93. The maximum Gasteiger partial charge on any atom is 0.326 e. The summed E-state index contributed by atoms with van der Waals surface area (Å²) in [5.41, 5.74) is 3.49. The van der Waals surface area contributed by atoms with E-state index >= 15 is 0 Å². The molecule has 45 heavy (non-hydrogen) atoms. The summed E-state index contributed by atoms with van der Waals surface area (Å²) in [6.45, 7) is 1.37. The second-order valence-electron chi connectivity index (χ2n) is 10.4. The molecule has 2 atom stereocenters. The Bertz CT molecular complexity index is 1640. The first-order valence-electron chi connectivity index (χ1n) is 13.8. The summed E-state index contributed by atoms with van der Waals surface area (Å²) >= 11 is 5.92. The molecule has 0 bridgehead atoms. The summed E-state index contributed by atoms with van der Waals surface area (Å²) in [7, 11) is 0. The third-order valence-electron chi connectivity index (χ3n) is 7.08. The maximum absolute atomic E-state index is 13.5. The van der Waals surface area contributed by atoms with Crippen LogP contribution in [0.15, 0.2) is 78.8 Å². The SMILES string of the molecule is CC(=O)N1Cc2cc(NC(=C[N+](=O)[O-])Nc3ccc(Cl)cc3)ccc2C1C(=O)NC(Cc1ccc(CCC(=O)O)cc1)C(=O)O. The van der Waals surface area contributed by atoms with Gasteiger partial charge in [0.05, 0.1) is 4.92 Å². The van der Waals surface area contributed by atoms with Gasteiger partial charge in [0.1, 0.15) is 12.1 Å². The number of hydrogen-bond donors (Lipinski definition) is 5. The molecule has 13 nitrogen and oxygen atoms in total. The Hall–Kier alpha value is -5.43. The van der Waals surface area contributed by atoms with Crippen LogP contribution in [-0.2, 0) is 38.6 Å². The van der Waals surface area contributed by atoms with Gasteiger partial charge in [-0.15, -0.1) is 0 Å². The number of nitrogens with zero attached hydrogens (tertiary/aromatic N) is 2. The van der Waals surface area contributed by atoms with Crippen LogP contribution in [0.1, 0.15) is 41.6 Å². The van der Waals surface area contributed by atoms with E-state index in [1.54, 1.807) is 66.7 Å². The molecule has 14 heteroatoms. The van der Waals surface area contributed by atoms with Crippen LogP contribution in [0.25, 0.3) is 0 Å². The van der Waals surface area contributed by atoms with Crippen molar-refractivity contribution in [1.82, 2.24) is 10.2 Å². The van der Waals surface area contributed by atoms with Gasteiger partial charge < -0.3 is 31.1 Å². The van der Waals surface area contributed by atoms with Gasteiger partial charge in [0.15, 0.2) is 5.82 Å². The van der Waals surface area contributed by atoms with E-state index in [0.717, 1.165) is 11.8 Å². The fraction of sp³-hybridized carbons (Fsp3) is 0.226. The van der Waals surface area contributed by atoms with Gasteiger partial charge in [-0.05, 0) is 65.1 Å². The molecule has 0 saturated carbocycles. The van der Waals surface area contributed by atoms with Crippen LogP contribution >= 0.6 is 11.6 Å². The van der Waals surface area contributed by atoms with Crippen LogP contribution in [0.4, 0.5) is 11.4 Å². The summed E-state index contributed by atoms with van der Waals surface area (Å²) in [5, 5.41) is 38.9. The third-order valence-corrected chi connectivity index (χ3v) is 7.34. The van der Waals surface area contributed by atoms with E-state index in [1.807, 2.05) is 0 Å². The van der Waals surface area contributed by atoms with Crippen molar-refractivity contribution in [2.24, 2.45) is 0 Å². The van der Waals surface area contributed by atoms with Crippen molar-refractivity contribution >= 4 is 46.7 Å². The zero-order valence-electron chi connectivity index (χ0n) is 24.0. The minimum atomic E-state index is -1.30. The van der Waals surface area contributed by atoms with E-state index in [-0.39, 0.29) is 25.2 Å². The minimum Gasteiger partial charge on any atom is -0.481 e. The first kappa shape index (κ1) is 32.5. The van der Waals surface area contributed by atoms with Crippen molar-refractivity contribution in [1.29, 1.82) is 0 Å². The fourth-order valence-corrected chi connectivity index (χ4v) is 5.06. The van der Waals surface area contributed by atoms with Crippen molar-refractivity contribution in [2.75, 3.05) is 10.6 Å². The Balaban J connectivity index is 1.51. The Morgan fingerprint density at radius 3 is 2.22 bits per heavy atom. The highest BCUT2D eigenvalue weighted by atomic mass is 35.5. The average molecular weight is 636 g/mol. The van der Waals surface area contributed by atoms with Crippen LogP contribution in [0.2, 0.25) is 5.02 Å². The highest BCUT2D eigenvalue weighted by Gasteiger charge is 2.38. The van der Waals surface area contributed by atoms with Gasteiger partial charge in [0, 0.05) is 42.7 Å². The first-order chi connectivity index (χ1) is 21.4. The summed E-state index contributed by atoms with van der Waals surface area (Å²) in [5.74, 6) is -3.20. The van der Waals surface area contributed by atoms with Crippen LogP contribution in [-0.4, -0.2) is 49.8 Å². The molecular formula is C31H30ClN5O8. The van der Waals surface area contributed by atoms with E-state index in [4.69, 9.17) is 16.7 Å². The Labute approximate surface area is 262 Å². The van der Waals surface area contributed by atoms with Crippen molar-refractivity contribution in [3.8, 4) is 0 Å². The summed E-state index contributed by atoms with van der Waals surface area (Å²) < 4.78 is 0. The Kier molecular flexibility index (Phi) is 10.4. The monoisotopic (exact) mass is 635 g/mol. The number of anilines is 2. The molecule has 1 heterocycles. The molecule has 1 aliphatic rings. The minimum absolute atomic E-state index is 0.0305. The van der Waals surface area contributed by atoms with Crippen molar-refractivity contribution in [3.63, 3.8) is 0 Å². The number of aliphatic carboxylic acids is 2. The van der Waals surface area contributed by atoms with E-state index in [0.29, 0.717) is 39.5 Å². The molecule has 0 spiro atoms. The van der Waals surface area contributed by atoms with Gasteiger partial charge in [0.2, 0.25) is 11.8 Å². The first-order valence-corrected chi connectivity index (χ1v) is 14.1. The molecule has 4 rings (SSSR count). The van der Waals surface area contributed by atoms with Crippen molar-refractivity contribution in [3.05, 3.63) is 116 Å². The van der Waals surface area contributed by atoms with E-state index in [1.165, 1.54) is 11.8 Å². The lowest BCUT2D eigenvalue weighted by Crippen LogP contribution is -2.47. The van der Waals surface area contributed by atoms with Crippen molar-refractivity contribution < 1.29 is 34.3 Å². The summed E-state index contributed by atoms with van der Waals surface area (Å²) in [6, 6.07) is 15.8. The van der Waals surface area contributed by atoms with Gasteiger partial charge in [-0.3, -0.25) is 24.5 Å². The topological polar surface area (TPSA) is 191 Å². The number of carboxylic acids is 2. The number of halogens is 1. The Morgan fingerprint density at radius 1 is 1.00 bits per heavy atom. The number of hydrogen-bond acceptors (Lipinski definition) is 8. The average Bonchev–Trinajstić information content (AvgIpc) is 3.36. The molecule has 5 N–H and O–H groups in total. The number of benzene rings is 3. The number of carboxylic acid groups (broad SMARTS) is 2. The van der Waals surface area contributed by atoms with E-state index in [2.05, 4.69) is 16.0 Å². The highest BCUT2D eigenvalue weighted by Crippen LogP contribution is 2.36. The number of amides is 2. The Morgan fingerprint density at radius 2 is 1.62 bits per heavy atom. The van der Waals surface area contributed by atoms with Crippen LogP contribution in [0, 0.1) is 10.1 Å². The zero-order valence-corrected chi connectivity index (χ0v) is 24.8. The number of fused-ring (bicyclic) bond motifs is 1. The van der Waals surface area contributed by atoms with Crippen LogP contribution in [0.5, 0.6) is 0 Å². The number of nitrogens with one attached hydrogen (secondary N) is 3. The lowest BCUT2D eigenvalue weighted by Gasteiger charge is -2.25.